The van der Waals surface area contributed by atoms with E-state index in [1.807, 2.05) is 19.6 Å². The van der Waals surface area contributed by atoms with Crippen LogP contribution < -0.4 is 5.32 Å². The molecule has 0 saturated carbocycles. The lowest BCUT2D eigenvalue weighted by atomic mass is 9.93. The van der Waals surface area contributed by atoms with Gasteiger partial charge in [-0.1, -0.05) is 20.8 Å². The van der Waals surface area contributed by atoms with E-state index in [0.717, 1.165) is 37.7 Å². The Balaban J connectivity index is 0.00000243. The molecule has 0 aromatic carbocycles. The highest BCUT2D eigenvalue weighted by atomic mass is 127. The first-order chi connectivity index (χ1) is 12.1. The zero-order valence-electron chi connectivity index (χ0n) is 15.9. The number of nitrogens with one attached hydrogen (secondary N) is 1. The second-order valence-corrected chi connectivity index (χ2v) is 7.91. The molecular formula is C18H29IN6S. The van der Waals surface area contributed by atoms with Crippen LogP contribution >= 0.6 is 35.3 Å². The number of thiazole rings is 1. The number of rotatable bonds is 4. The van der Waals surface area contributed by atoms with Crippen molar-refractivity contribution >= 4 is 41.3 Å². The molecule has 0 bridgehead atoms. The maximum absolute atomic E-state index is 4.70. The molecule has 2 atom stereocenters. The fourth-order valence-corrected chi connectivity index (χ4v) is 4.10. The predicted octanol–water partition coefficient (Wildman–Crippen LogP) is 3.74. The number of hydrogen-bond donors (Lipinski definition) is 1. The Morgan fingerprint density at radius 2 is 2.27 bits per heavy atom. The second-order valence-electron chi connectivity index (χ2n) is 7.02. The van der Waals surface area contributed by atoms with Crippen LogP contribution in [-0.2, 0) is 6.54 Å². The van der Waals surface area contributed by atoms with Gasteiger partial charge in [0.15, 0.2) is 5.96 Å². The normalized spacial score (nSPS) is 21.0. The number of imidazole rings is 1. The quantitative estimate of drug-likeness (QED) is 0.405. The summed E-state index contributed by atoms with van der Waals surface area (Å²) in [7, 11) is 1.85. The summed E-state index contributed by atoms with van der Waals surface area (Å²) in [4.78, 5) is 15.7. The van der Waals surface area contributed by atoms with Gasteiger partial charge in [-0.3, -0.25) is 4.99 Å². The third-order valence-electron chi connectivity index (χ3n) is 4.83. The van der Waals surface area contributed by atoms with Crippen molar-refractivity contribution in [2.45, 2.75) is 45.7 Å². The fourth-order valence-electron chi connectivity index (χ4n) is 3.27. The van der Waals surface area contributed by atoms with Gasteiger partial charge in [0.2, 0.25) is 0 Å². The predicted molar refractivity (Wildman–Crippen MR) is 118 cm³/mol. The number of likely N-dealkylation sites (tertiary alicyclic amines) is 1. The first-order valence-electron chi connectivity index (χ1n) is 8.95. The van der Waals surface area contributed by atoms with Crippen LogP contribution in [0.25, 0.3) is 0 Å². The van der Waals surface area contributed by atoms with Crippen LogP contribution in [0.2, 0.25) is 0 Å². The second kappa shape index (κ2) is 9.68. The van der Waals surface area contributed by atoms with E-state index in [9.17, 15) is 0 Å². The van der Waals surface area contributed by atoms with Crippen molar-refractivity contribution in [2.75, 3.05) is 20.1 Å². The molecular weight excluding hydrogens is 459 g/mol. The molecule has 8 heteroatoms. The van der Waals surface area contributed by atoms with Crippen LogP contribution in [0.5, 0.6) is 0 Å². The average molecular weight is 488 g/mol. The molecule has 1 saturated heterocycles. The summed E-state index contributed by atoms with van der Waals surface area (Å²) in [6.07, 6.45) is 6.98. The van der Waals surface area contributed by atoms with Crippen molar-refractivity contribution in [3.63, 3.8) is 0 Å². The summed E-state index contributed by atoms with van der Waals surface area (Å²) in [6, 6.07) is 0.432. The van der Waals surface area contributed by atoms with Crippen LogP contribution in [0.15, 0.2) is 29.1 Å². The highest BCUT2D eigenvalue weighted by Crippen LogP contribution is 2.27. The molecule has 2 unspecified atom stereocenters. The van der Waals surface area contributed by atoms with E-state index in [0.29, 0.717) is 17.9 Å². The number of aromatic nitrogens is 3. The molecule has 26 heavy (non-hydrogen) atoms. The van der Waals surface area contributed by atoms with Gasteiger partial charge in [-0.2, -0.15) is 0 Å². The van der Waals surface area contributed by atoms with Crippen LogP contribution in [0.4, 0.5) is 0 Å². The van der Waals surface area contributed by atoms with Gasteiger partial charge in [0.1, 0.15) is 0 Å². The molecule has 0 spiro atoms. The minimum absolute atomic E-state index is 0. The van der Waals surface area contributed by atoms with E-state index in [1.54, 1.807) is 11.3 Å². The number of piperidine rings is 1. The van der Waals surface area contributed by atoms with E-state index >= 15 is 0 Å². The van der Waals surface area contributed by atoms with Crippen LogP contribution in [0.1, 0.15) is 49.9 Å². The highest BCUT2D eigenvalue weighted by molar-refractivity contribution is 14.0. The number of guanidine groups is 1. The SMILES string of the molecule is CN=C(NCc1csc(C(C)C)n1)N1CCC(C)C(n2ccnc2)C1.I. The molecule has 0 amide bonds. The van der Waals surface area contributed by atoms with E-state index in [-0.39, 0.29) is 24.0 Å². The van der Waals surface area contributed by atoms with Gasteiger partial charge in [-0.15, -0.1) is 35.3 Å². The molecule has 1 aliphatic rings. The molecule has 3 rings (SSSR count). The Morgan fingerprint density at radius 3 is 2.88 bits per heavy atom. The molecule has 2 aromatic heterocycles. The molecule has 2 aromatic rings. The molecule has 0 aliphatic carbocycles. The largest absolute Gasteiger partial charge is 0.351 e. The highest BCUT2D eigenvalue weighted by Gasteiger charge is 2.28. The summed E-state index contributed by atoms with van der Waals surface area (Å²) in [5, 5.41) is 6.82. The molecule has 1 fully saturated rings. The molecule has 1 aliphatic heterocycles. The standard InChI is InChI=1S/C18H28N6S.HI/c1-13(2)17-22-15(11-25-17)9-21-18(19-4)23-7-5-14(3)16(10-23)24-8-6-20-12-24;/h6,8,11-14,16H,5,7,9-10H2,1-4H3,(H,19,21);1H. The lowest BCUT2D eigenvalue weighted by Crippen LogP contribution is -2.48. The van der Waals surface area contributed by atoms with Gasteiger partial charge in [-0.05, 0) is 12.3 Å². The van der Waals surface area contributed by atoms with Gasteiger partial charge in [0.25, 0.3) is 0 Å². The van der Waals surface area contributed by atoms with Gasteiger partial charge in [0, 0.05) is 43.8 Å². The maximum Gasteiger partial charge on any atom is 0.194 e. The van der Waals surface area contributed by atoms with E-state index in [4.69, 9.17) is 4.98 Å². The van der Waals surface area contributed by atoms with E-state index < -0.39 is 0 Å². The van der Waals surface area contributed by atoms with Gasteiger partial charge in [0.05, 0.1) is 29.6 Å². The van der Waals surface area contributed by atoms with Crippen molar-refractivity contribution < 1.29 is 0 Å². The fraction of sp³-hybridized carbons (Fsp3) is 0.611. The van der Waals surface area contributed by atoms with Crippen molar-refractivity contribution in [1.29, 1.82) is 0 Å². The molecule has 6 nitrogen and oxygen atoms in total. The molecule has 0 radical (unpaired) electrons. The maximum atomic E-state index is 4.70. The lowest BCUT2D eigenvalue weighted by molar-refractivity contribution is 0.189. The third-order valence-corrected chi connectivity index (χ3v) is 6.02. The van der Waals surface area contributed by atoms with Crippen LogP contribution in [0.3, 0.4) is 0 Å². The smallest absolute Gasteiger partial charge is 0.194 e. The Kier molecular flexibility index (Phi) is 7.87. The summed E-state index contributed by atoms with van der Waals surface area (Å²) in [6.45, 7) is 9.38. The summed E-state index contributed by atoms with van der Waals surface area (Å²) in [5.74, 6) is 2.07. The Bertz CT molecular complexity index is 696. The van der Waals surface area contributed by atoms with Gasteiger partial charge >= 0.3 is 0 Å². The monoisotopic (exact) mass is 488 g/mol. The molecule has 1 N–H and O–H groups in total. The molecule has 3 heterocycles. The summed E-state index contributed by atoms with van der Waals surface area (Å²) in [5.41, 5.74) is 1.09. The Hall–Kier alpha value is -1.16. The van der Waals surface area contributed by atoms with Crippen molar-refractivity contribution in [3.05, 3.63) is 34.8 Å². The van der Waals surface area contributed by atoms with Crippen LogP contribution in [-0.4, -0.2) is 45.5 Å². The van der Waals surface area contributed by atoms with Crippen molar-refractivity contribution in [2.24, 2.45) is 10.9 Å². The Morgan fingerprint density at radius 1 is 1.46 bits per heavy atom. The summed E-state index contributed by atoms with van der Waals surface area (Å²) >= 11 is 1.74. The minimum atomic E-state index is 0. The number of aliphatic imine (C=N–C) groups is 1. The zero-order valence-corrected chi connectivity index (χ0v) is 19.1. The van der Waals surface area contributed by atoms with Crippen molar-refractivity contribution in [3.8, 4) is 0 Å². The first kappa shape index (κ1) is 21.1. The van der Waals surface area contributed by atoms with Gasteiger partial charge in [-0.25, -0.2) is 9.97 Å². The topological polar surface area (TPSA) is 58.3 Å². The third kappa shape index (κ3) is 4.97. The van der Waals surface area contributed by atoms with Crippen LogP contribution in [0, 0.1) is 5.92 Å². The number of hydrogen-bond acceptors (Lipinski definition) is 4. The zero-order chi connectivity index (χ0) is 17.8. The van der Waals surface area contributed by atoms with E-state index in [2.05, 4.69) is 57.1 Å². The average Bonchev–Trinajstić information content (AvgIpc) is 3.28. The summed E-state index contributed by atoms with van der Waals surface area (Å²) < 4.78 is 2.22. The lowest BCUT2D eigenvalue weighted by Gasteiger charge is -2.39. The van der Waals surface area contributed by atoms with Crippen molar-refractivity contribution in [1.82, 2.24) is 24.8 Å². The first-order valence-corrected chi connectivity index (χ1v) is 9.83. The number of halogens is 1. The van der Waals surface area contributed by atoms with E-state index in [1.165, 1.54) is 5.01 Å². The number of nitrogens with zero attached hydrogens (tertiary/aromatic N) is 5. The molecule has 144 valence electrons. The minimum Gasteiger partial charge on any atom is -0.351 e. The van der Waals surface area contributed by atoms with Gasteiger partial charge < -0.3 is 14.8 Å². The Labute approximate surface area is 177 Å².